The van der Waals surface area contributed by atoms with E-state index < -0.39 is 5.60 Å². The summed E-state index contributed by atoms with van der Waals surface area (Å²) in [6.45, 7) is 5.65. The lowest BCUT2D eigenvalue weighted by Gasteiger charge is -2.64. The molecule has 5 rings (SSSR count). The Kier molecular flexibility index (Phi) is 3.95. The van der Waals surface area contributed by atoms with Crippen LogP contribution in [0.2, 0.25) is 0 Å². The van der Waals surface area contributed by atoms with Gasteiger partial charge in [-0.25, -0.2) is 0 Å². The molecule has 0 saturated heterocycles. The molecule has 4 nitrogen and oxygen atoms in total. The van der Waals surface area contributed by atoms with E-state index in [0.29, 0.717) is 25.4 Å². The molecule has 4 heteroatoms. The van der Waals surface area contributed by atoms with Gasteiger partial charge in [0.05, 0.1) is 11.0 Å². The van der Waals surface area contributed by atoms with Crippen molar-refractivity contribution in [1.82, 2.24) is 9.88 Å². The Balaban J connectivity index is 1.62. The maximum atomic E-state index is 13.6. The minimum atomic E-state index is -0.610. The zero-order chi connectivity index (χ0) is 17.7. The zero-order valence-electron chi connectivity index (χ0n) is 15.5. The van der Waals surface area contributed by atoms with Crippen molar-refractivity contribution in [2.45, 2.75) is 70.9 Å². The van der Waals surface area contributed by atoms with Crippen LogP contribution in [0.25, 0.3) is 0 Å². The molecule has 0 spiro atoms. The molecule has 4 aliphatic carbocycles. The van der Waals surface area contributed by atoms with Gasteiger partial charge >= 0.3 is 0 Å². The fraction of sp³-hybridized carbons (Fsp3) is 0.714. The summed E-state index contributed by atoms with van der Waals surface area (Å²) in [7, 11) is 0. The van der Waals surface area contributed by atoms with E-state index in [2.05, 4.69) is 18.8 Å². The van der Waals surface area contributed by atoms with Crippen LogP contribution >= 0.6 is 0 Å². The Morgan fingerprint density at radius 1 is 1.20 bits per heavy atom. The molecule has 136 valence electrons. The number of amides is 1. The van der Waals surface area contributed by atoms with E-state index in [1.807, 2.05) is 17.0 Å². The number of carbonyl (C=O) groups is 1. The van der Waals surface area contributed by atoms with Gasteiger partial charge in [-0.05, 0) is 74.5 Å². The summed E-state index contributed by atoms with van der Waals surface area (Å²) in [4.78, 5) is 19.7. The zero-order valence-corrected chi connectivity index (χ0v) is 15.5. The Morgan fingerprint density at radius 2 is 1.96 bits per heavy atom. The van der Waals surface area contributed by atoms with Gasteiger partial charge in [-0.2, -0.15) is 0 Å². The van der Waals surface area contributed by atoms with Crippen LogP contribution in [-0.4, -0.2) is 33.0 Å². The Morgan fingerprint density at radius 3 is 2.60 bits per heavy atom. The normalized spacial score (nSPS) is 38.8. The van der Waals surface area contributed by atoms with Gasteiger partial charge in [0.25, 0.3) is 0 Å². The van der Waals surface area contributed by atoms with E-state index in [4.69, 9.17) is 0 Å². The maximum Gasteiger partial charge on any atom is 0.229 e. The average Bonchev–Trinajstić information content (AvgIpc) is 2.58. The van der Waals surface area contributed by atoms with Gasteiger partial charge in [0.2, 0.25) is 5.91 Å². The fourth-order valence-electron chi connectivity index (χ4n) is 6.59. The van der Waals surface area contributed by atoms with Crippen molar-refractivity contribution in [3.8, 4) is 0 Å². The van der Waals surface area contributed by atoms with Crippen LogP contribution in [0, 0.1) is 16.7 Å². The van der Waals surface area contributed by atoms with E-state index >= 15 is 0 Å². The quantitative estimate of drug-likeness (QED) is 0.890. The fourth-order valence-corrected chi connectivity index (χ4v) is 6.59. The van der Waals surface area contributed by atoms with Gasteiger partial charge in [-0.1, -0.05) is 13.3 Å². The summed E-state index contributed by atoms with van der Waals surface area (Å²) in [6, 6.07) is 3.97. The number of nitrogens with zero attached hydrogens (tertiary/aromatic N) is 2. The summed E-state index contributed by atoms with van der Waals surface area (Å²) in [5.74, 6) is 0.789. The summed E-state index contributed by atoms with van der Waals surface area (Å²) < 4.78 is 0. The van der Waals surface area contributed by atoms with E-state index in [1.54, 1.807) is 12.4 Å². The van der Waals surface area contributed by atoms with Crippen molar-refractivity contribution in [3.63, 3.8) is 0 Å². The first kappa shape index (κ1) is 17.0. The lowest BCUT2D eigenvalue weighted by molar-refractivity contribution is -0.210. The molecule has 1 aromatic heterocycles. The molecule has 1 aromatic rings. The maximum absolute atomic E-state index is 13.6. The summed E-state index contributed by atoms with van der Waals surface area (Å²) >= 11 is 0. The van der Waals surface area contributed by atoms with Crippen molar-refractivity contribution in [1.29, 1.82) is 0 Å². The van der Waals surface area contributed by atoms with E-state index in [9.17, 15) is 9.90 Å². The van der Waals surface area contributed by atoms with Gasteiger partial charge < -0.3 is 10.0 Å². The minimum absolute atomic E-state index is 0.180. The van der Waals surface area contributed by atoms with E-state index in [-0.39, 0.29) is 16.7 Å². The predicted molar refractivity (Wildman–Crippen MR) is 96.6 cm³/mol. The molecule has 4 atom stereocenters. The molecule has 0 aliphatic heterocycles. The number of aromatic nitrogens is 1. The van der Waals surface area contributed by atoms with Gasteiger partial charge in [0.15, 0.2) is 0 Å². The van der Waals surface area contributed by atoms with E-state index in [1.165, 1.54) is 6.42 Å². The highest BCUT2D eigenvalue weighted by Crippen LogP contribution is 2.68. The Labute approximate surface area is 150 Å². The largest absolute Gasteiger partial charge is 0.390 e. The first-order chi connectivity index (χ1) is 11.9. The molecule has 4 saturated carbocycles. The smallest absolute Gasteiger partial charge is 0.229 e. The summed E-state index contributed by atoms with van der Waals surface area (Å²) in [5.41, 5.74) is 0.354. The molecule has 4 bridgehead atoms. The Bertz CT molecular complexity index is 663. The standard InChI is InChI=1S/C21H30N2O2/c1-3-19-9-17-10-20(13-19,15-21(25,11-17)14-19)18(24)23(4-2)12-16-5-7-22-8-6-16/h5-8,17,25H,3-4,9-15H2,1-2H3/t17-,19-,20-,21-/m1/s1. The molecule has 1 N–H and O–H groups in total. The molecule has 4 aliphatic rings. The molecular formula is C21H30N2O2. The third kappa shape index (κ3) is 2.79. The predicted octanol–water partition coefficient (Wildman–Crippen LogP) is 3.54. The van der Waals surface area contributed by atoms with Crippen LogP contribution in [-0.2, 0) is 11.3 Å². The van der Waals surface area contributed by atoms with Gasteiger partial charge in [0, 0.05) is 25.5 Å². The van der Waals surface area contributed by atoms with Crippen LogP contribution < -0.4 is 0 Å². The minimum Gasteiger partial charge on any atom is -0.390 e. The SMILES string of the molecule is CCN(Cc1ccncc1)C(=O)[C@]12C[C@@H]3C[C@@](O)(C[C@](CC)(C3)C1)C2. The highest BCUT2D eigenvalue weighted by molar-refractivity contribution is 5.83. The van der Waals surface area contributed by atoms with Crippen molar-refractivity contribution in [3.05, 3.63) is 30.1 Å². The summed E-state index contributed by atoms with van der Waals surface area (Å²) in [6.07, 6.45) is 10.3. The second-order valence-electron chi connectivity index (χ2n) is 9.04. The van der Waals surface area contributed by atoms with Gasteiger partial charge in [-0.15, -0.1) is 0 Å². The number of rotatable bonds is 5. The highest BCUT2D eigenvalue weighted by Gasteiger charge is 2.65. The molecule has 25 heavy (non-hydrogen) atoms. The van der Waals surface area contributed by atoms with Crippen molar-refractivity contribution < 1.29 is 9.90 Å². The molecule has 0 unspecified atom stereocenters. The van der Waals surface area contributed by atoms with Gasteiger partial charge in [-0.3, -0.25) is 9.78 Å². The topological polar surface area (TPSA) is 53.4 Å². The second kappa shape index (κ2) is 5.80. The molecular weight excluding hydrogens is 312 g/mol. The molecule has 4 fully saturated rings. The number of hydrogen-bond acceptors (Lipinski definition) is 3. The number of aliphatic hydroxyl groups is 1. The van der Waals surface area contributed by atoms with Crippen LogP contribution in [0.3, 0.4) is 0 Å². The third-order valence-corrected chi connectivity index (χ3v) is 7.15. The monoisotopic (exact) mass is 342 g/mol. The molecule has 0 radical (unpaired) electrons. The lowest BCUT2D eigenvalue weighted by Crippen LogP contribution is -2.64. The third-order valence-electron chi connectivity index (χ3n) is 7.15. The van der Waals surface area contributed by atoms with Crippen LogP contribution in [0.15, 0.2) is 24.5 Å². The lowest BCUT2D eigenvalue weighted by atomic mass is 9.42. The van der Waals surface area contributed by atoms with Crippen LogP contribution in [0.1, 0.15) is 64.4 Å². The number of pyridine rings is 1. The Hall–Kier alpha value is -1.42. The van der Waals surface area contributed by atoms with E-state index in [0.717, 1.165) is 37.7 Å². The summed E-state index contributed by atoms with van der Waals surface area (Å²) in [5, 5.41) is 11.2. The average molecular weight is 342 g/mol. The first-order valence-corrected chi connectivity index (χ1v) is 9.82. The highest BCUT2D eigenvalue weighted by atomic mass is 16.3. The number of hydrogen-bond donors (Lipinski definition) is 1. The van der Waals surface area contributed by atoms with Crippen LogP contribution in [0.5, 0.6) is 0 Å². The van der Waals surface area contributed by atoms with Crippen LogP contribution in [0.4, 0.5) is 0 Å². The van der Waals surface area contributed by atoms with Gasteiger partial charge in [0.1, 0.15) is 0 Å². The number of carbonyl (C=O) groups excluding carboxylic acids is 1. The molecule has 1 amide bonds. The van der Waals surface area contributed by atoms with Crippen molar-refractivity contribution >= 4 is 5.91 Å². The van der Waals surface area contributed by atoms with Crippen molar-refractivity contribution in [2.75, 3.05) is 6.54 Å². The molecule has 1 heterocycles. The second-order valence-corrected chi connectivity index (χ2v) is 9.04. The van der Waals surface area contributed by atoms with Crippen molar-refractivity contribution in [2.24, 2.45) is 16.7 Å². The first-order valence-electron chi connectivity index (χ1n) is 9.82. The molecule has 0 aromatic carbocycles.